The van der Waals surface area contributed by atoms with E-state index >= 15 is 0 Å². The van der Waals surface area contributed by atoms with Gasteiger partial charge in [0.05, 0.1) is 58.6 Å². The van der Waals surface area contributed by atoms with Crippen molar-refractivity contribution in [3.63, 3.8) is 0 Å². The van der Waals surface area contributed by atoms with Gasteiger partial charge in [-0.3, -0.25) is 34.2 Å². The average molecular weight is 1030 g/mol. The van der Waals surface area contributed by atoms with Gasteiger partial charge in [-0.2, -0.15) is 0 Å². The first-order chi connectivity index (χ1) is 34.1. The molecule has 0 aliphatic carbocycles. The van der Waals surface area contributed by atoms with Crippen molar-refractivity contribution >= 4 is 70.7 Å². The minimum atomic E-state index is -1.10. The third kappa shape index (κ3) is 9.34. The number of non-ortho nitro benzene ring substituents is 1. The highest BCUT2D eigenvalue weighted by molar-refractivity contribution is 8.04. The van der Waals surface area contributed by atoms with E-state index in [9.17, 15) is 48.8 Å². The maximum atomic E-state index is 13.6. The Kier molecular flexibility index (Phi) is 14.7. The zero-order valence-corrected chi connectivity index (χ0v) is 42.5. The number of rotatable bonds is 14. The normalized spacial score (nSPS) is 28.3. The van der Waals surface area contributed by atoms with Gasteiger partial charge in [0.15, 0.2) is 0 Å². The number of hydrogen-bond acceptors (Lipinski definition) is 20. The summed E-state index contributed by atoms with van der Waals surface area (Å²) in [5.41, 5.74) is -0.185. The average Bonchev–Trinajstić information content (AvgIpc) is 4.22. The van der Waals surface area contributed by atoms with Gasteiger partial charge in [-0.25, -0.2) is 23.7 Å². The molecule has 12 atom stereocenters. The van der Waals surface area contributed by atoms with Gasteiger partial charge in [-0.05, 0) is 66.7 Å². The van der Waals surface area contributed by atoms with Gasteiger partial charge in [-0.15, -0.1) is 33.7 Å². The number of benzene rings is 1. The molecule has 0 spiro atoms. The summed E-state index contributed by atoms with van der Waals surface area (Å²) >= 11 is 2.90. The number of likely N-dealkylation sites (N-methyl/N-ethyl adjacent to an activating group) is 3. The largest absolute Gasteiger partial charge is 0.477 e. The number of nitro benzene ring substituents is 1. The molecule has 2 aromatic heterocycles. The Labute approximate surface area is 421 Å². The number of carbonyl (C=O) groups is 7. The molecule has 6 aliphatic heterocycles. The molecule has 8 heterocycles. The number of hydrogen-bond donors (Lipinski definition) is 2. The van der Waals surface area contributed by atoms with Crippen LogP contribution in [-0.2, 0) is 33.5 Å². The van der Waals surface area contributed by atoms with Gasteiger partial charge < -0.3 is 34.8 Å². The third-order valence-electron chi connectivity index (χ3n) is 14.3. The van der Waals surface area contributed by atoms with E-state index in [1.807, 2.05) is 39.6 Å². The standard InChI is InChI=1S/C26H30N8O7S.C18H25N7O4S/c1-13-20-19(14(2)32-12-27-28-29-32)24(36)33(20)21(22(13)42-17-10-18(31(5)11-17)23(35)30(3)4)26(38)41-25(37)15-6-8-16(9-7-15)34(39)40;1-8-13-12(9(2)24-7-20-21-22-24)17(27)25(13)14(18(28)29)15(8)30-10-5-11(19-6-10)16(26)23(3)4/h6-9,12-14,17-20H,10-11H2,1-5H3;7-13,19H,5-6H2,1-4H3,(H,28,29)/t13-,14-,17+,18+,19-,20-;8-,9-,10+,11+,12-,13-/m11/s1. The van der Waals surface area contributed by atoms with E-state index in [-0.39, 0.29) is 105 Å². The Morgan fingerprint density at radius 3 is 1.79 bits per heavy atom. The van der Waals surface area contributed by atoms with Crippen LogP contribution in [0.5, 0.6) is 0 Å². The third-order valence-corrected chi connectivity index (χ3v) is 17.3. The lowest BCUT2D eigenvalue weighted by atomic mass is 9.78. The topological polar surface area (TPSA) is 308 Å². The van der Waals surface area contributed by atoms with E-state index in [0.29, 0.717) is 35.7 Å². The molecule has 384 valence electrons. The molecule has 6 aliphatic rings. The number of thioether (sulfide) groups is 2. The van der Waals surface area contributed by atoms with Crippen molar-refractivity contribution < 1.29 is 48.3 Å². The number of nitrogens with one attached hydrogen (secondary N) is 1. The second-order valence-electron chi connectivity index (χ2n) is 19.1. The predicted molar refractivity (Wildman–Crippen MR) is 254 cm³/mol. The summed E-state index contributed by atoms with van der Waals surface area (Å²) in [7, 11) is 8.72. The van der Waals surface area contributed by atoms with Crippen molar-refractivity contribution in [1.82, 2.24) is 70.2 Å². The van der Waals surface area contributed by atoms with Crippen LogP contribution in [0.15, 0.2) is 58.1 Å². The first-order valence-corrected chi connectivity index (χ1v) is 24.9. The lowest BCUT2D eigenvalue weighted by molar-refractivity contribution is -0.384. The molecule has 4 fully saturated rings. The van der Waals surface area contributed by atoms with Crippen molar-refractivity contribution in [1.29, 1.82) is 0 Å². The van der Waals surface area contributed by atoms with Crippen LogP contribution in [0, 0.1) is 33.8 Å². The zero-order chi connectivity index (χ0) is 52.2. The van der Waals surface area contributed by atoms with E-state index < -0.39 is 34.8 Å². The molecule has 0 saturated carbocycles. The van der Waals surface area contributed by atoms with Gasteiger partial charge in [0.1, 0.15) is 24.0 Å². The lowest BCUT2D eigenvalue weighted by Crippen LogP contribution is -2.62. The quantitative estimate of drug-likeness (QED) is 0.0737. The molecular formula is C44H55N15O11S2. The molecule has 3 aromatic rings. The smallest absolute Gasteiger partial charge is 0.363 e. The summed E-state index contributed by atoms with van der Waals surface area (Å²) in [6.45, 7) is 8.78. The fraction of sp³-hybridized carbons (Fsp3) is 0.568. The number of nitro groups is 1. The molecule has 72 heavy (non-hydrogen) atoms. The van der Waals surface area contributed by atoms with Crippen molar-refractivity contribution in [2.45, 2.75) is 87.3 Å². The molecule has 9 rings (SSSR count). The molecule has 2 N–H and O–H groups in total. The zero-order valence-electron chi connectivity index (χ0n) is 40.8. The lowest BCUT2D eigenvalue weighted by Gasteiger charge is -2.47. The van der Waals surface area contributed by atoms with Gasteiger partial charge in [0.25, 0.3) is 5.69 Å². The summed E-state index contributed by atoms with van der Waals surface area (Å²) in [4.78, 5) is 109. The molecule has 0 bridgehead atoms. The van der Waals surface area contributed by atoms with Crippen molar-refractivity contribution in [3.8, 4) is 0 Å². The number of carboxylic acids is 1. The van der Waals surface area contributed by atoms with E-state index in [0.717, 1.165) is 12.1 Å². The number of carbonyl (C=O) groups excluding carboxylic acids is 6. The van der Waals surface area contributed by atoms with Gasteiger partial charge >= 0.3 is 17.9 Å². The van der Waals surface area contributed by atoms with Crippen LogP contribution in [0.3, 0.4) is 0 Å². The molecule has 0 unspecified atom stereocenters. The predicted octanol–water partition coefficient (Wildman–Crippen LogP) is 0.667. The summed E-state index contributed by atoms with van der Waals surface area (Å²) < 4.78 is 8.26. The number of esters is 2. The Hall–Kier alpha value is -6.65. The SMILES string of the molecule is C[C@H]([C@H]1C(=O)N2C(C(=O)O)=C(S[C@@H]3CN[C@H](C(=O)N(C)C)C3)[C@H](C)[C@H]12)n1cnnn1.C[C@H]([C@H]1C(=O)N2C(C(=O)OC(=O)c3ccc([N+](=O)[O-])cc3)=C(S[C@H]3C[C@@H](C(=O)N(C)C)N(C)C3)[C@H](C)[C@H]12)n1cnnn1. The van der Waals surface area contributed by atoms with Crippen molar-refractivity contribution in [2.75, 3.05) is 48.3 Å². The highest BCUT2D eigenvalue weighted by Gasteiger charge is 2.62. The number of tetrazole rings is 2. The maximum absolute atomic E-state index is 13.6. The van der Waals surface area contributed by atoms with Crippen molar-refractivity contribution in [2.24, 2.45) is 23.7 Å². The number of nitrogens with zero attached hydrogens (tertiary/aromatic N) is 14. The fourth-order valence-electron chi connectivity index (χ4n) is 10.6. The maximum Gasteiger partial charge on any atom is 0.363 e. The van der Waals surface area contributed by atoms with Crippen LogP contribution in [-0.4, -0.2) is 199 Å². The molecule has 1 aromatic carbocycles. The van der Waals surface area contributed by atoms with Crippen LogP contribution in [0.1, 0.15) is 63.0 Å². The van der Waals surface area contributed by atoms with Crippen LogP contribution in [0.4, 0.5) is 5.69 Å². The first kappa shape index (κ1) is 51.7. The second-order valence-corrected chi connectivity index (χ2v) is 21.8. The number of carboxylic acid groups (broad SMARTS) is 1. The number of fused-ring (bicyclic) bond motifs is 2. The molecule has 0 radical (unpaired) electrons. The molecule has 4 saturated heterocycles. The molecular weight excluding hydrogens is 979 g/mol. The second kappa shape index (κ2) is 20.5. The Bertz CT molecular complexity index is 2720. The Balaban J connectivity index is 0.000000204. The summed E-state index contributed by atoms with van der Waals surface area (Å²) in [6, 6.07) is 2.80. The van der Waals surface area contributed by atoms with E-state index in [1.165, 1.54) is 67.5 Å². The Morgan fingerprint density at radius 2 is 1.31 bits per heavy atom. The minimum absolute atomic E-state index is 0.00275. The number of likely N-dealkylation sites (tertiary alicyclic amines) is 1. The van der Waals surface area contributed by atoms with E-state index in [4.69, 9.17) is 4.74 Å². The number of aromatic nitrogens is 8. The first-order valence-electron chi connectivity index (χ1n) is 23.2. The van der Waals surface area contributed by atoms with Crippen LogP contribution >= 0.6 is 23.5 Å². The van der Waals surface area contributed by atoms with Crippen LogP contribution in [0.2, 0.25) is 0 Å². The minimum Gasteiger partial charge on any atom is -0.477 e. The number of aliphatic carboxylic acids is 1. The molecule has 28 heteroatoms. The summed E-state index contributed by atoms with van der Waals surface area (Å²) in [5.74, 6) is -4.91. The van der Waals surface area contributed by atoms with Gasteiger partial charge in [0, 0.05) is 85.6 Å². The van der Waals surface area contributed by atoms with Crippen LogP contribution in [0.25, 0.3) is 0 Å². The van der Waals surface area contributed by atoms with E-state index in [2.05, 4.69) is 36.4 Å². The van der Waals surface area contributed by atoms with Gasteiger partial charge in [0.2, 0.25) is 23.6 Å². The van der Waals surface area contributed by atoms with Crippen molar-refractivity contribution in [3.05, 3.63) is 73.8 Å². The summed E-state index contributed by atoms with van der Waals surface area (Å²) in [6.07, 6.45) is 4.06. The molecule has 26 nitrogen and oxygen atoms in total. The molecule has 4 amide bonds. The summed E-state index contributed by atoms with van der Waals surface area (Å²) in [5, 5.41) is 46.5. The fourth-order valence-corrected chi connectivity index (χ4v) is 13.6. The highest BCUT2D eigenvalue weighted by atomic mass is 32.2. The number of amides is 4. The van der Waals surface area contributed by atoms with Crippen LogP contribution < -0.4 is 5.32 Å². The van der Waals surface area contributed by atoms with Gasteiger partial charge in [-0.1, -0.05) is 13.8 Å². The number of ether oxygens (including phenoxy) is 1. The Morgan fingerprint density at radius 1 is 0.792 bits per heavy atom. The monoisotopic (exact) mass is 1030 g/mol. The van der Waals surface area contributed by atoms with E-state index in [1.54, 1.807) is 38.0 Å². The highest BCUT2D eigenvalue weighted by Crippen LogP contribution is 2.55. The number of β-lactam (4-membered cyclic amide) rings is 2.